The molecule has 0 aliphatic heterocycles. The Morgan fingerprint density at radius 3 is 3.07 bits per heavy atom. The number of aliphatic hydroxyl groups is 1. The van der Waals surface area contributed by atoms with Crippen molar-refractivity contribution >= 4 is 11.3 Å². The van der Waals surface area contributed by atoms with E-state index in [1.165, 1.54) is 12.8 Å². The van der Waals surface area contributed by atoms with Gasteiger partial charge in [0.2, 0.25) is 0 Å². The minimum absolute atomic E-state index is 0.473. The molecule has 2 atom stereocenters. The zero-order chi connectivity index (χ0) is 10.9. The maximum absolute atomic E-state index is 10.6. The summed E-state index contributed by atoms with van der Waals surface area (Å²) >= 11 is 1.68. The molecule has 1 aromatic heterocycles. The van der Waals surface area contributed by atoms with E-state index in [1.807, 2.05) is 6.92 Å². The molecule has 3 heteroatoms. The van der Waals surface area contributed by atoms with Gasteiger partial charge in [0, 0.05) is 17.5 Å². The lowest BCUT2D eigenvalue weighted by Crippen LogP contribution is -2.35. The van der Waals surface area contributed by atoms with E-state index in [1.54, 1.807) is 11.3 Å². The van der Waals surface area contributed by atoms with Gasteiger partial charge in [-0.2, -0.15) is 0 Å². The van der Waals surface area contributed by atoms with Gasteiger partial charge in [0.15, 0.2) is 0 Å². The summed E-state index contributed by atoms with van der Waals surface area (Å²) in [7, 11) is 0. The van der Waals surface area contributed by atoms with E-state index in [0.29, 0.717) is 5.92 Å². The molecule has 1 aromatic rings. The van der Waals surface area contributed by atoms with Gasteiger partial charge < -0.3 is 5.11 Å². The second-order valence-electron chi connectivity index (χ2n) is 4.66. The number of hydrogen-bond donors (Lipinski definition) is 1. The summed E-state index contributed by atoms with van der Waals surface area (Å²) in [6.45, 7) is 4.18. The Morgan fingerprint density at radius 2 is 2.47 bits per heavy atom. The van der Waals surface area contributed by atoms with Crippen molar-refractivity contribution in [1.29, 1.82) is 0 Å². The van der Waals surface area contributed by atoms with Gasteiger partial charge >= 0.3 is 0 Å². The molecule has 84 valence electrons. The van der Waals surface area contributed by atoms with Gasteiger partial charge in [-0.1, -0.05) is 19.8 Å². The molecule has 1 fully saturated rings. The van der Waals surface area contributed by atoms with Crippen LogP contribution in [0.15, 0.2) is 5.38 Å². The fraction of sp³-hybridized carbons (Fsp3) is 0.750. The van der Waals surface area contributed by atoms with Crippen LogP contribution in [0.3, 0.4) is 0 Å². The number of aromatic nitrogens is 1. The second-order valence-corrected chi connectivity index (χ2v) is 5.60. The van der Waals surface area contributed by atoms with Gasteiger partial charge in [0.25, 0.3) is 0 Å². The summed E-state index contributed by atoms with van der Waals surface area (Å²) in [5.74, 6) is 0.474. The summed E-state index contributed by atoms with van der Waals surface area (Å²) < 4.78 is 0. The van der Waals surface area contributed by atoms with E-state index in [9.17, 15) is 5.11 Å². The second kappa shape index (κ2) is 4.22. The van der Waals surface area contributed by atoms with Gasteiger partial charge in [-0.25, -0.2) is 4.98 Å². The van der Waals surface area contributed by atoms with Crippen molar-refractivity contribution in [2.75, 3.05) is 0 Å². The van der Waals surface area contributed by atoms with Gasteiger partial charge in [0.05, 0.1) is 10.6 Å². The summed E-state index contributed by atoms with van der Waals surface area (Å²) in [5, 5.41) is 13.7. The van der Waals surface area contributed by atoms with Crippen LogP contribution in [0.25, 0.3) is 0 Å². The maximum atomic E-state index is 10.6. The van der Waals surface area contributed by atoms with Gasteiger partial charge in [0.1, 0.15) is 0 Å². The fourth-order valence-corrected chi connectivity index (χ4v) is 3.58. The molecule has 2 rings (SSSR count). The molecule has 2 nitrogen and oxygen atoms in total. The lowest BCUT2D eigenvalue weighted by Gasteiger charge is -2.28. The van der Waals surface area contributed by atoms with Crippen LogP contribution in [0.1, 0.15) is 43.3 Å². The first-order chi connectivity index (χ1) is 7.14. The summed E-state index contributed by atoms with van der Waals surface area (Å²) in [5.41, 5.74) is 0.601. The van der Waals surface area contributed by atoms with Crippen molar-refractivity contribution in [2.45, 2.75) is 51.6 Å². The number of rotatable bonds is 3. The van der Waals surface area contributed by atoms with E-state index in [0.717, 1.165) is 30.0 Å². The Kier molecular flexibility index (Phi) is 3.12. The number of hydrogen-bond acceptors (Lipinski definition) is 3. The minimum Gasteiger partial charge on any atom is -0.389 e. The van der Waals surface area contributed by atoms with Crippen LogP contribution in [0.2, 0.25) is 0 Å². The third kappa shape index (κ3) is 2.23. The van der Waals surface area contributed by atoms with Gasteiger partial charge in [-0.05, 0) is 25.7 Å². The quantitative estimate of drug-likeness (QED) is 0.858. The molecule has 0 spiro atoms. The standard InChI is InChI=1S/C12H19NOS/c1-3-10-5-4-6-12(10,14)7-11-13-9(2)8-15-11/h8,10,14H,3-7H2,1-2H3. The molecular formula is C12H19NOS. The zero-order valence-corrected chi connectivity index (χ0v) is 10.3. The van der Waals surface area contributed by atoms with Crippen LogP contribution < -0.4 is 0 Å². The first-order valence-corrected chi connectivity index (χ1v) is 6.65. The first-order valence-electron chi connectivity index (χ1n) is 5.77. The van der Waals surface area contributed by atoms with Crippen LogP contribution >= 0.6 is 11.3 Å². The maximum Gasteiger partial charge on any atom is 0.0956 e. The van der Waals surface area contributed by atoms with Crippen LogP contribution in [0.5, 0.6) is 0 Å². The lowest BCUT2D eigenvalue weighted by molar-refractivity contribution is 0.00142. The smallest absolute Gasteiger partial charge is 0.0956 e. The van der Waals surface area contributed by atoms with E-state index >= 15 is 0 Å². The van der Waals surface area contributed by atoms with Gasteiger partial charge in [-0.3, -0.25) is 0 Å². The normalized spacial score (nSPS) is 31.0. The zero-order valence-electron chi connectivity index (χ0n) is 9.49. The van der Waals surface area contributed by atoms with Crippen molar-refractivity contribution in [3.63, 3.8) is 0 Å². The third-order valence-corrected chi connectivity index (χ3v) is 4.51. The number of aryl methyl sites for hydroxylation is 1. The monoisotopic (exact) mass is 225 g/mol. The highest BCUT2D eigenvalue weighted by atomic mass is 32.1. The van der Waals surface area contributed by atoms with E-state index < -0.39 is 5.60 Å². The topological polar surface area (TPSA) is 33.1 Å². The lowest BCUT2D eigenvalue weighted by atomic mass is 9.86. The summed E-state index contributed by atoms with van der Waals surface area (Å²) in [6.07, 6.45) is 5.13. The number of nitrogens with zero attached hydrogens (tertiary/aromatic N) is 1. The molecule has 15 heavy (non-hydrogen) atoms. The van der Waals surface area contributed by atoms with Crippen LogP contribution in [-0.4, -0.2) is 15.7 Å². The molecular weight excluding hydrogens is 206 g/mol. The fourth-order valence-electron chi connectivity index (χ4n) is 2.69. The van der Waals surface area contributed by atoms with Crippen LogP contribution in [-0.2, 0) is 6.42 Å². The molecule has 0 saturated heterocycles. The molecule has 1 saturated carbocycles. The van der Waals surface area contributed by atoms with Crippen molar-refractivity contribution in [3.05, 3.63) is 16.1 Å². The van der Waals surface area contributed by atoms with Gasteiger partial charge in [-0.15, -0.1) is 11.3 Å². The van der Waals surface area contributed by atoms with Crippen molar-refractivity contribution < 1.29 is 5.11 Å². The molecule has 0 aromatic carbocycles. The highest BCUT2D eigenvalue weighted by Gasteiger charge is 2.40. The molecule has 0 amide bonds. The van der Waals surface area contributed by atoms with Crippen molar-refractivity contribution in [2.24, 2.45) is 5.92 Å². The molecule has 1 aliphatic rings. The van der Waals surface area contributed by atoms with E-state index in [2.05, 4.69) is 17.3 Å². The predicted octanol–water partition coefficient (Wildman–Crippen LogP) is 2.94. The Bertz CT molecular complexity index is 336. The van der Waals surface area contributed by atoms with Crippen LogP contribution in [0.4, 0.5) is 0 Å². The first kappa shape index (κ1) is 11.1. The van der Waals surface area contributed by atoms with E-state index in [4.69, 9.17) is 0 Å². The molecule has 1 aliphatic carbocycles. The molecule has 1 N–H and O–H groups in total. The largest absolute Gasteiger partial charge is 0.389 e. The van der Waals surface area contributed by atoms with Crippen molar-refractivity contribution in [1.82, 2.24) is 4.98 Å². The SMILES string of the molecule is CCC1CCCC1(O)Cc1nc(C)cs1. The Labute approximate surface area is 95.4 Å². The highest BCUT2D eigenvalue weighted by Crippen LogP contribution is 2.40. The Morgan fingerprint density at radius 1 is 1.67 bits per heavy atom. The Balaban J connectivity index is 2.09. The average Bonchev–Trinajstić information content (AvgIpc) is 2.73. The van der Waals surface area contributed by atoms with Crippen molar-refractivity contribution in [3.8, 4) is 0 Å². The highest BCUT2D eigenvalue weighted by molar-refractivity contribution is 7.09. The third-order valence-electron chi connectivity index (χ3n) is 3.54. The molecule has 0 bridgehead atoms. The Hall–Kier alpha value is -0.410. The average molecular weight is 225 g/mol. The summed E-state index contributed by atoms with van der Waals surface area (Å²) in [4.78, 5) is 4.45. The molecule has 1 heterocycles. The summed E-state index contributed by atoms with van der Waals surface area (Å²) in [6, 6.07) is 0. The molecule has 2 unspecified atom stereocenters. The van der Waals surface area contributed by atoms with Crippen LogP contribution in [0, 0.1) is 12.8 Å². The minimum atomic E-state index is -0.473. The van der Waals surface area contributed by atoms with E-state index in [-0.39, 0.29) is 0 Å². The molecule has 0 radical (unpaired) electrons. The number of thiazole rings is 1. The predicted molar refractivity (Wildman–Crippen MR) is 63.1 cm³/mol.